The van der Waals surface area contributed by atoms with Crippen molar-refractivity contribution in [1.29, 1.82) is 0 Å². The highest BCUT2D eigenvalue weighted by Gasteiger charge is 2.22. The van der Waals surface area contributed by atoms with Crippen LogP contribution in [0.3, 0.4) is 0 Å². The van der Waals surface area contributed by atoms with Crippen molar-refractivity contribution >= 4 is 45.6 Å². The SMILES string of the molecule is N/N=C(\N)NC(=O)c1nc(NC(=O)c2nccs2)sc1-c1ccccc1. The van der Waals surface area contributed by atoms with Gasteiger partial charge in [0.15, 0.2) is 10.1 Å². The predicted octanol–water partition coefficient (Wildman–Crippen LogP) is 1.44. The highest BCUT2D eigenvalue weighted by atomic mass is 32.1. The monoisotopic (exact) mass is 387 g/mol. The maximum Gasteiger partial charge on any atom is 0.286 e. The number of thiazole rings is 2. The standard InChI is InChI=1S/C15H13N7O2S2/c16-14(22-17)20-11(23)9-10(8-4-2-1-3-5-8)26-15(19-9)21-12(24)13-18-6-7-25-13/h1-7H,17H2,(H,19,21,24)(H3,16,20,22,23). The molecule has 0 aliphatic carbocycles. The Morgan fingerprint density at radius 1 is 1.15 bits per heavy atom. The molecule has 1 aromatic carbocycles. The summed E-state index contributed by atoms with van der Waals surface area (Å²) >= 11 is 2.37. The molecule has 0 saturated heterocycles. The third-order valence-electron chi connectivity index (χ3n) is 3.11. The Labute approximate surface area is 155 Å². The molecule has 0 unspecified atom stereocenters. The van der Waals surface area contributed by atoms with E-state index in [2.05, 4.69) is 25.7 Å². The number of hydrogen-bond acceptors (Lipinski definition) is 8. The minimum atomic E-state index is -0.582. The molecule has 2 heterocycles. The molecule has 9 nitrogen and oxygen atoms in total. The van der Waals surface area contributed by atoms with Crippen LogP contribution in [0.2, 0.25) is 0 Å². The molecule has 0 bridgehead atoms. The third-order valence-corrected chi connectivity index (χ3v) is 4.90. The van der Waals surface area contributed by atoms with Gasteiger partial charge in [0, 0.05) is 11.6 Å². The van der Waals surface area contributed by atoms with E-state index < -0.39 is 11.8 Å². The molecular formula is C15H13N7O2S2. The van der Waals surface area contributed by atoms with Crippen LogP contribution in [-0.4, -0.2) is 27.7 Å². The molecule has 0 aliphatic heterocycles. The van der Waals surface area contributed by atoms with Gasteiger partial charge in [-0.3, -0.25) is 20.2 Å². The van der Waals surface area contributed by atoms with Crippen LogP contribution in [0.4, 0.5) is 5.13 Å². The van der Waals surface area contributed by atoms with E-state index in [-0.39, 0.29) is 16.8 Å². The first kappa shape index (κ1) is 17.5. The number of hydrazone groups is 1. The summed E-state index contributed by atoms with van der Waals surface area (Å²) in [5.74, 6) is 3.82. The zero-order chi connectivity index (χ0) is 18.5. The Morgan fingerprint density at radius 2 is 1.92 bits per heavy atom. The number of rotatable bonds is 4. The van der Waals surface area contributed by atoms with Gasteiger partial charge >= 0.3 is 0 Å². The lowest BCUT2D eigenvalue weighted by atomic mass is 10.1. The maximum atomic E-state index is 12.4. The fourth-order valence-corrected chi connectivity index (χ4v) is 3.50. The van der Waals surface area contributed by atoms with Crippen molar-refractivity contribution < 1.29 is 9.59 Å². The Balaban J connectivity index is 1.95. The average molecular weight is 387 g/mol. The van der Waals surface area contributed by atoms with E-state index in [9.17, 15) is 9.59 Å². The van der Waals surface area contributed by atoms with Crippen LogP contribution < -0.4 is 22.2 Å². The number of nitrogens with two attached hydrogens (primary N) is 2. The van der Waals surface area contributed by atoms with Gasteiger partial charge in [-0.05, 0) is 5.56 Å². The Bertz CT molecular complexity index is 952. The second-order valence-electron chi connectivity index (χ2n) is 4.82. The highest BCUT2D eigenvalue weighted by molar-refractivity contribution is 7.19. The van der Waals surface area contributed by atoms with E-state index in [0.29, 0.717) is 9.88 Å². The fraction of sp³-hybridized carbons (Fsp3) is 0. The maximum absolute atomic E-state index is 12.4. The van der Waals surface area contributed by atoms with Gasteiger partial charge in [0.25, 0.3) is 11.8 Å². The number of hydrogen-bond donors (Lipinski definition) is 4. The fourth-order valence-electron chi connectivity index (χ4n) is 2.01. The number of benzene rings is 1. The second-order valence-corrected chi connectivity index (χ2v) is 6.72. The van der Waals surface area contributed by atoms with Crippen LogP contribution in [0.25, 0.3) is 10.4 Å². The summed E-state index contributed by atoms with van der Waals surface area (Å²) in [5.41, 5.74) is 6.31. The van der Waals surface area contributed by atoms with E-state index in [4.69, 9.17) is 11.6 Å². The predicted molar refractivity (Wildman–Crippen MR) is 101 cm³/mol. The lowest BCUT2D eigenvalue weighted by molar-refractivity contribution is 0.0970. The second kappa shape index (κ2) is 7.72. The molecule has 0 fully saturated rings. The molecule has 0 aliphatic rings. The largest absolute Gasteiger partial charge is 0.368 e. The van der Waals surface area contributed by atoms with Crippen molar-refractivity contribution in [1.82, 2.24) is 15.3 Å². The van der Waals surface area contributed by atoms with Crippen LogP contribution >= 0.6 is 22.7 Å². The van der Waals surface area contributed by atoms with Crippen molar-refractivity contribution in [2.45, 2.75) is 0 Å². The van der Waals surface area contributed by atoms with Gasteiger partial charge < -0.3 is 11.6 Å². The van der Waals surface area contributed by atoms with E-state index in [0.717, 1.165) is 16.9 Å². The first-order valence-electron chi connectivity index (χ1n) is 7.20. The number of carbonyl (C=O) groups is 2. The lowest BCUT2D eigenvalue weighted by Gasteiger charge is -2.03. The summed E-state index contributed by atoms with van der Waals surface area (Å²) < 4.78 is 0. The van der Waals surface area contributed by atoms with Crippen molar-refractivity contribution in [3.8, 4) is 10.4 Å². The molecule has 26 heavy (non-hydrogen) atoms. The first-order chi connectivity index (χ1) is 12.6. The molecular weight excluding hydrogens is 374 g/mol. The summed E-state index contributed by atoms with van der Waals surface area (Å²) in [5, 5.41) is 10.4. The summed E-state index contributed by atoms with van der Waals surface area (Å²) in [6.45, 7) is 0. The van der Waals surface area contributed by atoms with Gasteiger partial charge in [-0.2, -0.15) is 0 Å². The van der Waals surface area contributed by atoms with Crippen molar-refractivity contribution in [3.63, 3.8) is 0 Å². The van der Waals surface area contributed by atoms with Crippen LogP contribution in [0.1, 0.15) is 20.3 Å². The van der Waals surface area contributed by atoms with Crippen molar-refractivity contribution in [2.24, 2.45) is 16.7 Å². The summed E-state index contributed by atoms with van der Waals surface area (Å²) in [6, 6.07) is 9.18. The number of aromatic nitrogens is 2. The number of nitrogens with one attached hydrogen (secondary N) is 2. The Morgan fingerprint density at radius 3 is 2.58 bits per heavy atom. The van der Waals surface area contributed by atoms with E-state index in [1.165, 1.54) is 17.5 Å². The molecule has 0 spiro atoms. The van der Waals surface area contributed by atoms with Gasteiger partial charge in [0.2, 0.25) is 5.96 Å². The Kier molecular flexibility index (Phi) is 5.20. The number of nitrogens with zero attached hydrogens (tertiary/aromatic N) is 3. The minimum Gasteiger partial charge on any atom is -0.368 e. The quantitative estimate of drug-likeness (QED) is 0.230. The molecule has 0 atom stereocenters. The van der Waals surface area contributed by atoms with Crippen LogP contribution in [-0.2, 0) is 0 Å². The first-order valence-corrected chi connectivity index (χ1v) is 8.90. The van der Waals surface area contributed by atoms with Crippen LogP contribution in [0.5, 0.6) is 0 Å². The minimum absolute atomic E-state index is 0.0993. The molecule has 3 aromatic rings. The smallest absolute Gasteiger partial charge is 0.286 e. The highest BCUT2D eigenvalue weighted by Crippen LogP contribution is 2.33. The average Bonchev–Trinajstić information content (AvgIpc) is 3.32. The number of carbonyl (C=O) groups excluding carboxylic acids is 2. The zero-order valence-electron chi connectivity index (χ0n) is 13.2. The summed E-state index contributed by atoms with van der Waals surface area (Å²) in [6.07, 6.45) is 1.53. The number of amides is 2. The van der Waals surface area contributed by atoms with E-state index in [1.807, 2.05) is 30.3 Å². The third kappa shape index (κ3) is 3.84. The van der Waals surface area contributed by atoms with Gasteiger partial charge in [-0.25, -0.2) is 9.97 Å². The van der Waals surface area contributed by atoms with Gasteiger partial charge in [-0.15, -0.1) is 16.4 Å². The van der Waals surface area contributed by atoms with E-state index in [1.54, 1.807) is 5.38 Å². The molecule has 0 saturated carbocycles. The molecule has 0 radical (unpaired) electrons. The molecule has 11 heteroatoms. The molecule has 2 amide bonds. The lowest BCUT2D eigenvalue weighted by Crippen LogP contribution is -2.37. The van der Waals surface area contributed by atoms with Crippen molar-refractivity contribution in [2.75, 3.05) is 5.32 Å². The molecule has 132 valence electrons. The molecule has 2 aromatic heterocycles. The number of guanidine groups is 1. The van der Waals surface area contributed by atoms with Crippen molar-refractivity contribution in [3.05, 3.63) is 52.6 Å². The van der Waals surface area contributed by atoms with Gasteiger partial charge in [0.05, 0.1) is 4.88 Å². The van der Waals surface area contributed by atoms with Gasteiger partial charge in [0.1, 0.15) is 5.69 Å². The molecule has 3 rings (SSSR count). The van der Waals surface area contributed by atoms with E-state index >= 15 is 0 Å². The van der Waals surface area contributed by atoms with Crippen LogP contribution in [0, 0.1) is 0 Å². The normalized spacial score (nSPS) is 11.2. The summed E-state index contributed by atoms with van der Waals surface area (Å²) in [7, 11) is 0. The topological polar surface area (TPSA) is 148 Å². The van der Waals surface area contributed by atoms with Gasteiger partial charge in [-0.1, -0.05) is 41.7 Å². The zero-order valence-corrected chi connectivity index (χ0v) is 14.8. The Hall–Kier alpha value is -3.31. The van der Waals surface area contributed by atoms with Crippen LogP contribution in [0.15, 0.2) is 47.0 Å². The number of anilines is 1. The molecule has 6 N–H and O–H groups in total. The summed E-state index contributed by atoms with van der Waals surface area (Å²) in [4.78, 5) is 33.3.